The molecule has 0 saturated heterocycles. The van der Waals surface area contributed by atoms with Crippen molar-refractivity contribution in [3.05, 3.63) is 0 Å². The zero-order valence-electron chi connectivity index (χ0n) is 9.76. The summed E-state index contributed by atoms with van der Waals surface area (Å²) in [5.41, 5.74) is 0. The van der Waals surface area contributed by atoms with Crippen molar-refractivity contribution in [1.82, 2.24) is 0 Å². The second-order valence-electron chi connectivity index (χ2n) is 5.23. The summed E-state index contributed by atoms with van der Waals surface area (Å²) in [6.45, 7) is 11.6. The SMILES string of the molecule is CC[Si](C)(C)OC1C(C)CCC1C. The van der Waals surface area contributed by atoms with Crippen LogP contribution in [0.25, 0.3) is 0 Å². The van der Waals surface area contributed by atoms with Crippen LogP contribution < -0.4 is 0 Å². The van der Waals surface area contributed by atoms with Crippen molar-refractivity contribution in [2.75, 3.05) is 0 Å². The number of hydrogen-bond acceptors (Lipinski definition) is 1. The topological polar surface area (TPSA) is 9.23 Å². The van der Waals surface area contributed by atoms with Gasteiger partial charge in [0.05, 0.1) is 6.10 Å². The minimum atomic E-state index is -1.33. The molecule has 1 fully saturated rings. The quantitative estimate of drug-likeness (QED) is 0.632. The highest BCUT2D eigenvalue weighted by Crippen LogP contribution is 2.35. The van der Waals surface area contributed by atoms with E-state index in [0.29, 0.717) is 6.10 Å². The van der Waals surface area contributed by atoms with E-state index in [9.17, 15) is 0 Å². The van der Waals surface area contributed by atoms with Gasteiger partial charge in [-0.25, -0.2) is 0 Å². The van der Waals surface area contributed by atoms with Gasteiger partial charge in [0, 0.05) is 0 Å². The van der Waals surface area contributed by atoms with Crippen LogP contribution in [0.4, 0.5) is 0 Å². The third kappa shape index (κ3) is 2.81. The molecule has 2 heteroatoms. The molecule has 1 aliphatic rings. The minimum Gasteiger partial charge on any atom is -0.414 e. The van der Waals surface area contributed by atoms with Gasteiger partial charge in [-0.1, -0.05) is 20.8 Å². The van der Waals surface area contributed by atoms with Crippen molar-refractivity contribution in [2.24, 2.45) is 11.8 Å². The average molecular weight is 200 g/mol. The highest BCUT2D eigenvalue weighted by Gasteiger charge is 2.35. The molecule has 0 spiro atoms. The van der Waals surface area contributed by atoms with Crippen LogP contribution >= 0.6 is 0 Å². The van der Waals surface area contributed by atoms with E-state index in [1.165, 1.54) is 18.9 Å². The first-order valence-electron chi connectivity index (χ1n) is 5.64. The molecule has 0 bridgehead atoms. The smallest absolute Gasteiger partial charge is 0.186 e. The second kappa shape index (κ2) is 4.14. The van der Waals surface area contributed by atoms with Crippen LogP contribution in [0.3, 0.4) is 0 Å². The monoisotopic (exact) mass is 200 g/mol. The van der Waals surface area contributed by atoms with Gasteiger partial charge in [0.15, 0.2) is 8.32 Å². The molecular formula is C11H24OSi. The summed E-state index contributed by atoms with van der Waals surface area (Å²) in [4.78, 5) is 0. The second-order valence-corrected chi connectivity index (χ2v) is 9.69. The zero-order valence-corrected chi connectivity index (χ0v) is 10.8. The first-order valence-corrected chi connectivity index (χ1v) is 8.75. The summed E-state index contributed by atoms with van der Waals surface area (Å²) < 4.78 is 6.31. The van der Waals surface area contributed by atoms with Crippen LogP contribution in [0.15, 0.2) is 0 Å². The van der Waals surface area contributed by atoms with Gasteiger partial charge in [-0.05, 0) is 43.8 Å². The van der Waals surface area contributed by atoms with Gasteiger partial charge in [-0.2, -0.15) is 0 Å². The molecule has 1 rings (SSSR count). The van der Waals surface area contributed by atoms with Gasteiger partial charge in [0.1, 0.15) is 0 Å². The van der Waals surface area contributed by atoms with Gasteiger partial charge < -0.3 is 4.43 Å². The molecule has 0 radical (unpaired) electrons. The Balaban J connectivity index is 2.52. The van der Waals surface area contributed by atoms with Crippen LogP contribution in [0.5, 0.6) is 0 Å². The molecule has 0 N–H and O–H groups in total. The van der Waals surface area contributed by atoms with Gasteiger partial charge in [0.2, 0.25) is 0 Å². The van der Waals surface area contributed by atoms with E-state index in [4.69, 9.17) is 4.43 Å². The fraction of sp³-hybridized carbons (Fsp3) is 1.00. The lowest BCUT2D eigenvalue weighted by Crippen LogP contribution is -2.38. The van der Waals surface area contributed by atoms with Crippen molar-refractivity contribution in [3.8, 4) is 0 Å². The van der Waals surface area contributed by atoms with E-state index < -0.39 is 8.32 Å². The summed E-state index contributed by atoms with van der Waals surface area (Å²) in [7, 11) is -1.33. The molecule has 1 aliphatic carbocycles. The van der Waals surface area contributed by atoms with Gasteiger partial charge in [-0.15, -0.1) is 0 Å². The summed E-state index contributed by atoms with van der Waals surface area (Å²) >= 11 is 0. The highest BCUT2D eigenvalue weighted by molar-refractivity contribution is 6.71. The number of rotatable bonds is 3. The molecule has 1 nitrogen and oxygen atoms in total. The van der Waals surface area contributed by atoms with Gasteiger partial charge in [-0.3, -0.25) is 0 Å². The Hall–Kier alpha value is 0.177. The van der Waals surface area contributed by atoms with Crippen LogP contribution in [0.1, 0.15) is 33.6 Å². The van der Waals surface area contributed by atoms with E-state index in [1.54, 1.807) is 0 Å². The van der Waals surface area contributed by atoms with E-state index in [2.05, 4.69) is 33.9 Å². The summed E-state index contributed by atoms with van der Waals surface area (Å²) in [6.07, 6.45) is 3.28. The Morgan fingerprint density at radius 1 is 1.15 bits per heavy atom. The van der Waals surface area contributed by atoms with Crippen molar-refractivity contribution in [2.45, 2.75) is 58.9 Å². The molecule has 0 heterocycles. The summed E-state index contributed by atoms with van der Waals surface area (Å²) in [6, 6.07) is 1.24. The zero-order chi connectivity index (χ0) is 10.1. The fourth-order valence-corrected chi connectivity index (χ4v) is 3.47. The standard InChI is InChI=1S/C11H24OSi/c1-6-13(4,5)12-11-9(2)7-8-10(11)3/h9-11H,6-8H2,1-5H3. The molecule has 0 aromatic rings. The predicted octanol–water partition coefficient (Wildman–Crippen LogP) is 3.66. The molecule has 0 aromatic carbocycles. The van der Waals surface area contributed by atoms with Crippen LogP contribution in [0, 0.1) is 11.8 Å². The Labute approximate surface area is 84.0 Å². The molecule has 2 atom stereocenters. The highest BCUT2D eigenvalue weighted by atomic mass is 28.4. The maximum Gasteiger partial charge on any atom is 0.186 e. The van der Waals surface area contributed by atoms with Crippen molar-refractivity contribution in [3.63, 3.8) is 0 Å². The normalized spacial score (nSPS) is 35.3. The third-order valence-corrected chi connectivity index (χ3v) is 6.12. The lowest BCUT2D eigenvalue weighted by Gasteiger charge is -2.31. The molecule has 0 amide bonds. The van der Waals surface area contributed by atoms with E-state index >= 15 is 0 Å². The Bertz CT molecular complexity index is 157. The minimum absolute atomic E-state index is 0.557. The molecule has 78 valence electrons. The molecule has 2 unspecified atom stereocenters. The molecule has 0 aliphatic heterocycles. The summed E-state index contributed by atoms with van der Waals surface area (Å²) in [5.74, 6) is 1.57. The van der Waals surface area contributed by atoms with E-state index in [1.807, 2.05) is 0 Å². The van der Waals surface area contributed by atoms with Crippen molar-refractivity contribution in [1.29, 1.82) is 0 Å². The Morgan fingerprint density at radius 2 is 1.62 bits per heavy atom. The predicted molar refractivity (Wildman–Crippen MR) is 60.4 cm³/mol. The lowest BCUT2D eigenvalue weighted by atomic mass is 10.0. The number of hydrogen-bond donors (Lipinski definition) is 0. The molecule has 13 heavy (non-hydrogen) atoms. The third-order valence-electron chi connectivity index (χ3n) is 3.51. The first kappa shape index (κ1) is 11.3. The summed E-state index contributed by atoms with van der Waals surface area (Å²) in [5, 5.41) is 0. The Kier molecular flexibility index (Phi) is 3.58. The van der Waals surface area contributed by atoms with Gasteiger partial charge >= 0.3 is 0 Å². The Morgan fingerprint density at radius 3 is 2.00 bits per heavy atom. The van der Waals surface area contributed by atoms with E-state index in [0.717, 1.165) is 11.8 Å². The molecule has 0 aromatic heterocycles. The first-order chi connectivity index (χ1) is 5.96. The van der Waals surface area contributed by atoms with E-state index in [-0.39, 0.29) is 0 Å². The molecule has 1 saturated carbocycles. The lowest BCUT2D eigenvalue weighted by molar-refractivity contribution is 0.122. The fourth-order valence-electron chi connectivity index (χ4n) is 2.10. The maximum atomic E-state index is 6.31. The van der Waals surface area contributed by atoms with Crippen LogP contribution in [-0.2, 0) is 4.43 Å². The largest absolute Gasteiger partial charge is 0.414 e. The van der Waals surface area contributed by atoms with Gasteiger partial charge in [0.25, 0.3) is 0 Å². The van der Waals surface area contributed by atoms with Crippen LogP contribution in [-0.4, -0.2) is 14.4 Å². The van der Waals surface area contributed by atoms with Crippen LogP contribution in [0.2, 0.25) is 19.1 Å². The molecular weight excluding hydrogens is 176 g/mol. The van der Waals surface area contributed by atoms with Crippen molar-refractivity contribution >= 4 is 8.32 Å². The maximum absolute atomic E-state index is 6.31. The average Bonchev–Trinajstić information content (AvgIpc) is 2.36. The van der Waals surface area contributed by atoms with Crippen molar-refractivity contribution < 1.29 is 4.43 Å².